The average Bonchev–Trinajstić information content (AvgIpc) is 1.93. The van der Waals surface area contributed by atoms with Gasteiger partial charge in [0.1, 0.15) is 0 Å². The van der Waals surface area contributed by atoms with Crippen LogP contribution in [0.4, 0.5) is 0 Å². The van der Waals surface area contributed by atoms with Gasteiger partial charge in [0.05, 0.1) is 0 Å². The number of rotatable bonds is 2. The van der Waals surface area contributed by atoms with E-state index in [4.69, 9.17) is 6.92 Å². The first kappa shape index (κ1) is 8.28. The number of benzene rings is 1. The first-order chi connectivity index (χ1) is 5.20. The first-order valence-corrected chi connectivity index (χ1v) is 3.68. The van der Waals surface area contributed by atoms with Crippen LogP contribution >= 0.6 is 0 Å². The highest BCUT2D eigenvalue weighted by Gasteiger charge is 1.96. The molecule has 58 valence electrons. The van der Waals surface area contributed by atoms with Crippen LogP contribution in [0.25, 0.3) is 0 Å². The summed E-state index contributed by atoms with van der Waals surface area (Å²) >= 11 is 0. The third kappa shape index (κ3) is 2.35. The lowest BCUT2D eigenvalue weighted by molar-refractivity contribution is 0.402. The van der Waals surface area contributed by atoms with Gasteiger partial charge in [0.15, 0.2) is 0 Å². The maximum atomic E-state index is 5.74. The minimum atomic E-state index is 0.876. The summed E-state index contributed by atoms with van der Waals surface area (Å²) < 4.78 is 0. The molecule has 1 nitrogen and oxygen atoms in total. The molecule has 0 aliphatic carbocycles. The van der Waals surface area contributed by atoms with Crippen LogP contribution in [0.5, 0.6) is 0 Å². The molecular weight excluding hydrogens is 134 g/mol. The van der Waals surface area contributed by atoms with Gasteiger partial charge >= 0.3 is 0 Å². The molecule has 0 aromatic heterocycles. The van der Waals surface area contributed by atoms with Crippen molar-refractivity contribution in [2.45, 2.75) is 6.54 Å². The Morgan fingerprint density at radius 1 is 1.27 bits per heavy atom. The molecule has 11 heavy (non-hydrogen) atoms. The molecule has 0 heterocycles. The van der Waals surface area contributed by atoms with Crippen LogP contribution in [0.15, 0.2) is 24.3 Å². The fourth-order valence-corrected chi connectivity index (χ4v) is 1.02. The fourth-order valence-electron chi connectivity index (χ4n) is 1.02. The average molecular weight is 147 g/mol. The first-order valence-electron chi connectivity index (χ1n) is 3.68. The fraction of sp³-hybridized carbons (Fsp3) is 0.300. The molecule has 1 aromatic rings. The van der Waals surface area contributed by atoms with E-state index < -0.39 is 0 Å². The molecule has 0 N–H and O–H groups in total. The normalized spacial score (nSPS) is 10.5. The molecule has 2 radical (unpaired) electrons. The van der Waals surface area contributed by atoms with Crippen LogP contribution in [0.3, 0.4) is 0 Å². The third-order valence-corrected chi connectivity index (χ3v) is 1.54. The van der Waals surface area contributed by atoms with Gasteiger partial charge in [-0.1, -0.05) is 24.3 Å². The monoisotopic (exact) mass is 147 g/mol. The van der Waals surface area contributed by atoms with E-state index in [2.05, 4.69) is 11.0 Å². The van der Waals surface area contributed by atoms with Crippen LogP contribution in [0.1, 0.15) is 11.1 Å². The molecule has 0 atom stereocenters. The van der Waals surface area contributed by atoms with Crippen molar-refractivity contribution in [3.63, 3.8) is 0 Å². The summed E-state index contributed by atoms with van der Waals surface area (Å²) in [4.78, 5) is 2.10. The van der Waals surface area contributed by atoms with Gasteiger partial charge in [-0.15, -0.1) is 0 Å². The summed E-state index contributed by atoms with van der Waals surface area (Å²) in [5.74, 6) is 0. The lowest BCUT2D eigenvalue weighted by atomic mass is 10.1. The van der Waals surface area contributed by atoms with Crippen molar-refractivity contribution in [3.05, 3.63) is 42.3 Å². The van der Waals surface area contributed by atoms with Gasteiger partial charge in [-0.2, -0.15) is 0 Å². The van der Waals surface area contributed by atoms with Crippen LogP contribution in [0, 0.1) is 6.92 Å². The van der Waals surface area contributed by atoms with Gasteiger partial charge in [0, 0.05) is 6.54 Å². The van der Waals surface area contributed by atoms with Gasteiger partial charge in [0.2, 0.25) is 0 Å². The van der Waals surface area contributed by atoms with Crippen LogP contribution in [-0.2, 0) is 6.54 Å². The predicted octanol–water partition coefficient (Wildman–Crippen LogP) is 1.81. The Bertz CT molecular complexity index is 228. The van der Waals surface area contributed by atoms with E-state index in [-0.39, 0.29) is 0 Å². The van der Waals surface area contributed by atoms with Crippen molar-refractivity contribution in [2.75, 3.05) is 14.1 Å². The highest BCUT2D eigenvalue weighted by molar-refractivity contribution is 5.28. The highest BCUT2D eigenvalue weighted by atomic mass is 15.0. The van der Waals surface area contributed by atoms with Crippen LogP contribution < -0.4 is 0 Å². The maximum Gasteiger partial charge on any atom is 0.0230 e. The van der Waals surface area contributed by atoms with Crippen LogP contribution in [-0.4, -0.2) is 19.0 Å². The van der Waals surface area contributed by atoms with Gasteiger partial charge in [0.25, 0.3) is 0 Å². The Labute approximate surface area is 68.7 Å². The summed E-state index contributed by atoms with van der Waals surface area (Å²) in [7, 11) is 4.07. The summed E-state index contributed by atoms with van der Waals surface area (Å²) in [5.41, 5.74) is 2.07. The van der Waals surface area contributed by atoms with Crippen molar-refractivity contribution in [1.82, 2.24) is 4.90 Å². The Kier molecular flexibility index (Phi) is 2.66. The second-order valence-electron chi connectivity index (χ2n) is 2.94. The highest BCUT2D eigenvalue weighted by Crippen LogP contribution is 2.07. The number of hydrogen-bond donors (Lipinski definition) is 0. The van der Waals surface area contributed by atoms with E-state index in [1.165, 1.54) is 5.56 Å². The molecule has 1 rings (SSSR count). The van der Waals surface area contributed by atoms with Crippen molar-refractivity contribution in [1.29, 1.82) is 0 Å². The van der Waals surface area contributed by atoms with E-state index in [0.717, 1.165) is 12.1 Å². The zero-order valence-electron chi connectivity index (χ0n) is 7.04. The number of nitrogens with zero attached hydrogens (tertiary/aromatic N) is 1. The van der Waals surface area contributed by atoms with Crippen molar-refractivity contribution >= 4 is 0 Å². The van der Waals surface area contributed by atoms with Gasteiger partial charge < -0.3 is 4.90 Å². The molecular formula is C10H13N. The maximum absolute atomic E-state index is 5.74. The molecule has 1 aromatic carbocycles. The topological polar surface area (TPSA) is 3.24 Å². The van der Waals surface area contributed by atoms with Gasteiger partial charge in [-0.05, 0) is 32.1 Å². The van der Waals surface area contributed by atoms with Gasteiger partial charge in [-0.25, -0.2) is 0 Å². The van der Waals surface area contributed by atoms with Crippen LogP contribution in [0.2, 0.25) is 0 Å². The van der Waals surface area contributed by atoms with E-state index in [1.54, 1.807) is 0 Å². The molecule has 0 bridgehead atoms. The number of hydrogen-bond acceptors (Lipinski definition) is 1. The lowest BCUT2D eigenvalue weighted by Crippen LogP contribution is -2.11. The molecule has 0 aliphatic heterocycles. The second-order valence-corrected chi connectivity index (χ2v) is 2.94. The summed E-state index contributed by atoms with van der Waals surface area (Å²) in [6, 6.07) is 7.94. The lowest BCUT2D eigenvalue weighted by Gasteiger charge is -2.11. The van der Waals surface area contributed by atoms with Crippen molar-refractivity contribution < 1.29 is 0 Å². The molecule has 0 unspecified atom stereocenters. The molecule has 0 saturated carbocycles. The van der Waals surface area contributed by atoms with Crippen molar-refractivity contribution in [2.24, 2.45) is 0 Å². The Morgan fingerprint density at radius 2 is 1.91 bits per heavy atom. The third-order valence-electron chi connectivity index (χ3n) is 1.54. The van der Waals surface area contributed by atoms with E-state index in [0.29, 0.717) is 0 Å². The van der Waals surface area contributed by atoms with Gasteiger partial charge in [-0.3, -0.25) is 0 Å². The summed E-state index contributed by atoms with van der Waals surface area (Å²) in [6.45, 7) is 6.65. The van der Waals surface area contributed by atoms with E-state index >= 15 is 0 Å². The van der Waals surface area contributed by atoms with Crippen molar-refractivity contribution in [3.8, 4) is 0 Å². The zero-order chi connectivity index (χ0) is 8.27. The zero-order valence-corrected chi connectivity index (χ0v) is 7.04. The largest absolute Gasteiger partial charge is 0.305 e. The second kappa shape index (κ2) is 3.54. The molecule has 0 aliphatic rings. The Hall–Kier alpha value is -0.820. The van der Waals surface area contributed by atoms with E-state index in [9.17, 15) is 0 Å². The Balaban J connectivity index is 2.78. The van der Waals surface area contributed by atoms with E-state index in [1.807, 2.05) is 32.3 Å². The Morgan fingerprint density at radius 3 is 2.45 bits per heavy atom. The quantitative estimate of drug-likeness (QED) is 0.616. The molecule has 0 fully saturated rings. The minimum absolute atomic E-state index is 0.876. The standard InChI is InChI=1S/C10H13N/c1-9-6-4-5-7-10(9)8-11(2)3/h1,4-7H,8H2,2-3H3. The smallest absolute Gasteiger partial charge is 0.0230 e. The SMILES string of the molecule is [CH]c1ccccc1CN(C)C. The predicted molar refractivity (Wildman–Crippen MR) is 47.2 cm³/mol. The summed E-state index contributed by atoms with van der Waals surface area (Å²) in [6.07, 6.45) is 0. The molecule has 0 amide bonds. The molecule has 0 saturated heterocycles. The molecule has 1 heteroatoms. The summed E-state index contributed by atoms with van der Waals surface area (Å²) in [5, 5.41) is 0. The minimum Gasteiger partial charge on any atom is -0.305 e. The molecule has 0 spiro atoms.